The molecule has 0 aromatic carbocycles. The van der Waals surface area contributed by atoms with Crippen LogP contribution < -0.4 is 0 Å². The predicted octanol–water partition coefficient (Wildman–Crippen LogP) is 8.70. The first kappa shape index (κ1) is 32.2. The number of rotatable bonds is 16. The largest absolute Gasteiger partial charge is 0.469 e. The molecule has 3 nitrogen and oxygen atoms in total. The minimum atomic E-state index is -1.86. The number of hydrogen-bond acceptors (Lipinski definition) is 3. The monoisotopic (exact) mass is 486 g/mol. The molecule has 34 heavy (non-hydrogen) atoms. The molecule has 0 spiro atoms. The molecule has 0 saturated heterocycles. The zero-order valence-electron chi connectivity index (χ0n) is 23.1. The lowest BCUT2D eigenvalue weighted by Gasteiger charge is -2.44. The third kappa shape index (κ3) is 13.2. The predicted molar refractivity (Wildman–Crippen MR) is 150 cm³/mol. The van der Waals surface area contributed by atoms with Crippen LogP contribution in [0.4, 0.5) is 0 Å². The fourth-order valence-electron chi connectivity index (χ4n) is 4.47. The number of allylic oxidation sites excluding steroid dienone is 7. The van der Waals surface area contributed by atoms with Gasteiger partial charge in [0.1, 0.15) is 0 Å². The fourth-order valence-corrected chi connectivity index (χ4v) is 10.1. The van der Waals surface area contributed by atoms with Crippen molar-refractivity contribution in [2.24, 2.45) is 0 Å². The van der Waals surface area contributed by atoms with Crippen LogP contribution in [0.15, 0.2) is 48.6 Å². The third-order valence-electron chi connectivity index (χ3n) is 6.20. The zero-order valence-corrected chi connectivity index (χ0v) is 24.1. The van der Waals surface area contributed by atoms with Gasteiger partial charge in [0.15, 0.2) is 0 Å². The summed E-state index contributed by atoms with van der Waals surface area (Å²) in [6.45, 7) is 16.2. The molecule has 0 fully saturated rings. The second kappa shape index (κ2) is 19.5. The van der Waals surface area contributed by atoms with E-state index in [0.717, 1.165) is 38.5 Å². The maximum absolute atomic E-state index is 11.0. The summed E-state index contributed by atoms with van der Waals surface area (Å²) in [6.07, 6.45) is 23.0. The van der Waals surface area contributed by atoms with E-state index in [1.165, 1.54) is 7.11 Å². The SMILES string of the molecule is CC[C@H](/C=C/C#CC/C=C\C/C=C\C/C=C\CCCC(=O)OC)O[Si](C(C)C)(C(C)C)C(C)C. The van der Waals surface area contributed by atoms with Gasteiger partial charge >= 0.3 is 5.97 Å². The molecule has 192 valence electrons. The summed E-state index contributed by atoms with van der Waals surface area (Å²) in [6, 6.07) is 0. The smallest absolute Gasteiger partial charge is 0.305 e. The Balaban J connectivity index is 4.34. The number of unbranched alkanes of at least 4 members (excludes halogenated alkanes) is 1. The molecule has 0 heterocycles. The van der Waals surface area contributed by atoms with E-state index in [9.17, 15) is 4.79 Å². The van der Waals surface area contributed by atoms with Gasteiger partial charge in [-0.15, -0.1) is 0 Å². The summed E-state index contributed by atoms with van der Waals surface area (Å²) in [4.78, 5) is 11.0. The van der Waals surface area contributed by atoms with Crippen molar-refractivity contribution in [2.75, 3.05) is 7.11 Å². The van der Waals surface area contributed by atoms with Gasteiger partial charge in [-0.05, 0) is 60.9 Å². The number of methoxy groups -OCH3 is 1. The van der Waals surface area contributed by atoms with Crippen molar-refractivity contribution in [1.29, 1.82) is 0 Å². The van der Waals surface area contributed by atoms with Crippen LogP contribution in [0.25, 0.3) is 0 Å². The first-order valence-corrected chi connectivity index (χ1v) is 15.2. The minimum Gasteiger partial charge on any atom is -0.469 e. The molecule has 0 saturated carbocycles. The average molecular weight is 487 g/mol. The molecule has 0 aromatic rings. The molecule has 1 atom stereocenters. The number of carbonyl (C=O) groups is 1. The van der Waals surface area contributed by atoms with Crippen LogP contribution >= 0.6 is 0 Å². The number of carbonyl (C=O) groups excluding carboxylic acids is 1. The summed E-state index contributed by atoms with van der Waals surface area (Å²) in [5, 5.41) is 0. The molecule has 0 N–H and O–H groups in total. The average Bonchev–Trinajstić information content (AvgIpc) is 2.79. The van der Waals surface area contributed by atoms with E-state index in [1.54, 1.807) is 0 Å². The Bertz CT molecular complexity index is 695. The van der Waals surface area contributed by atoms with E-state index in [-0.39, 0.29) is 12.1 Å². The Hall–Kier alpha value is -1.83. The van der Waals surface area contributed by atoms with E-state index in [4.69, 9.17) is 4.43 Å². The highest BCUT2D eigenvalue weighted by molar-refractivity contribution is 6.77. The molecule has 0 unspecified atom stereocenters. The number of hydrogen-bond donors (Lipinski definition) is 0. The second-order valence-electron chi connectivity index (χ2n) is 9.62. The maximum Gasteiger partial charge on any atom is 0.305 e. The molecule has 0 aliphatic heterocycles. The van der Waals surface area contributed by atoms with Crippen molar-refractivity contribution < 1.29 is 14.0 Å². The first-order valence-electron chi connectivity index (χ1n) is 13.1. The van der Waals surface area contributed by atoms with Gasteiger partial charge in [-0.25, -0.2) is 0 Å². The van der Waals surface area contributed by atoms with Crippen LogP contribution in [0.2, 0.25) is 16.6 Å². The van der Waals surface area contributed by atoms with Gasteiger partial charge in [-0.2, -0.15) is 0 Å². The molecule has 0 aromatic heterocycles. The normalized spacial score (nSPS) is 13.7. The first-order chi connectivity index (χ1) is 16.2. The summed E-state index contributed by atoms with van der Waals surface area (Å²) in [5.41, 5.74) is 1.78. The van der Waals surface area contributed by atoms with Gasteiger partial charge in [0.2, 0.25) is 8.32 Å². The molecule has 4 heteroatoms. The van der Waals surface area contributed by atoms with Crippen molar-refractivity contribution in [3.63, 3.8) is 0 Å². The minimum absolute atomic E-state index is 0.137. The molecule has 0 aliphatic rings. The van der Waals surface area contributed by atoms with Gasteiger partial charge in [0, 0.05) is 12.8 Å². The highest BCUT2D eigenvalue weighted by Gasteiger charge is 2.46. The van der Waals surface area contributed by atoms with Crippen LogP contribution in [0.1, 0.15) is 93.4 Å². The number of esters is 1. The Labute approximate surface area is 211 Å². The Morgan fingerprint density at radius 2 is 1.44 bits per heavy atom. The molecule has 0 rings (SSSR count). The molecule has 0 amide bonds. The van der Waals surface area contributed by atoms with Gasteiger partial charge in [-0.3, -0.25) is 4.79 Å². The van der Waals surface area contributed by atoms with Crippen LogP contribution in [-0.4, -0.2) is 27.5 Å². The van der Waals surface area contributed by atoms with E-state index in [1.807, 2.05) is 6.08 Å². The fraction of sp³-hybridized carbons (Fsp3) is 0.633. The Kier molecular flexibility index (Phi) is 18.4. The highest BCUT2D eigenvalue weighted by atomic mass is 28.4. The summed E-state index contributed by atoms with van der Waals surface area (Å²) >= 11 is 0. The second-order valence-corrected chi connectivity index (χ2v) is 15.0. The van der Waals surface area contributed by atoms with Crippen LogP contribution in [0, 0.1) is 11.8 Å². The van der Waals surface area contributed by atoms with Gasteiger partial charge in [0.25, 0.3) is 0 Å². The number of ether oxygens (including phenoxy) is 1. The molecule has 0 bridgehead atoms. The molecule has 0 radical (unpaired) electrons. The van der Waals surface area contributed by atoms with E-state index >= 15 is 0 Å². The highest BCUT2D eigenvalue weighted by Crippen LogP contribution is 2.43. The Morgan fingerprint density at radius 3 is 1.97 bits per heavy atom. The van der Waals surface area contributed by atoms with Gasteiger partial charge in [0.05, 0.1) is 13.2 Å². The van der Waals surface area contributed by atoms with Crippen molar-refractivity contribution in [2.45, 2.75) is 116 Å². The topological polar surface area (TPSA) is 35.5 Å². The molecular weight excluding hydrogens is 436 g/mol. The maximum atomic E-state index is 11.0. The standard InChI is InChI=1S/C30H50O3Si/c1-9-29(33-34(26(2)3,27(4)5)28(6)7)24-22-20-18-16-14-12-10-11-13-15-17-19-21-23-25-30(31)32-8/h11-14,17,19,22,24,26-29H,9-10,15-16,21,23,25H2,1-8H3/b13-11-,14-12-,19-17-,24-22+/t29-/m1/s1. The lowest BCUT2D eigenvalue weighted by atomic mass is 10.2. The van der Waals surface area contributed by atoms with Crippen LogP contribution in [0.3, 0.4) is 0 Å². The van der Waals surface area contributed by atoms with E-state index in [0.29, 0.717) is 23.0 Å². The van der Waals surface area contributed by atoms with Gasteiger partial charge < -0.3 is 9.16 Å². The molecular formula is C30H50O3Si. The van der Waals surface area contributed by atoms with Gasteiger partial charge in [-0.1, -0.05) is 96.8 Å². The summed E-state index contributed by atoms with van der Waals surface area (Å²) in [5.74, 6) is 6.23. The van der Waals surface area contributed by atoms with Crippen LogP contribution in [-0.2, 0) is 14.0 Å². The Morgan fingerprint density at radius 1 is 0.882 bits per heavy atom. The quantitative estimate of drug-likeness (QED) is 0.0719. The third-order valence-corrected chi connectivity index (χ3v) is 12.3. The van der Waals surface area contributed by atoms with Crippen molar-refractivity contribution in [1.82, 2.24) is 0 Å². The lowest BCUT2D eigenvalue weighted by molar-refractivity contribution is -0.140. The van der Waals surface area contributed by atoms with E-state index in [2.05, 4.69) is 108 Å². The van der Waals surface area contributed by atoms with Crippen molar-refractivity contribution in [3.8, 4) is 11.8 Å². The summed E-state index contributed by atoms with van der Waals surface area (Å²) < 4.78 is 11.5. The van der Waals surface area contributed by atoms with Crippen molar-refractivity contribution >= 4 is 14.3 Å². The lowest BCUT2D eigenvalue weighted by Crippen LogP contribution is -2.49. The molecule has 0 aliphatic carbocycles. The van der Waals surface area contributed by atoms with Crippen molar-refractivity contribution in [3.05, 3.63) is 48.6 Å². The van der Waals surface area contributed by atoms with E-state index < -0.39 is 8.32 Å². The zero-order chi connectivity index (χ0) is 25.8. The van der Waals surface area contributed by atoms with Crippen LogP contribution in [0.5, 0.6) is 0 Å². The summed E-state index contributed by atoms with van der Waals surface area (Å²) in [7, 11) is -0.436.